The van der Waals surface area contributed by atoms with Crippen molar-refractivity contribution in [3.05, 3.63) is 46.6 Å². The number of rotatable bonds is 3. The second-order valence-corrected chi connectivity index (χ2v) is 6.68. The van der Waals surface area contributed by atoms with Gasteiger partial charge in [-0.15, -0.1) is 11.3 Å². The van der Waals surface area contributed by atoms with Crippen LogP contribution in [0.5, 0.6) is 0 Å². The van der Waals surface area contributed by atoms with E-state index in [0.717, 1.165) is 16.0 Å². The molecule has 1 fully saturated rings. The van der Waals surface area contributed by atoms with E-state index in [-0.39, 0.29) is 11.7 Å². The van der Waals surface area contributed by atoms with Crippen molar-refractivity contribution in [2.45, 2.75) is 25.8 Å². The van der Waals surface area contributed by atoms with Crippen LogP contribution in [-0.4, -0.2) is 34.5 Å². The smallest absolute Gasteiger partial charge is 0.326 e. The standard InChI is InChI=1S/C17H16FNO3S/c1-10-9-14(16(20)19-8-2-3-13(19)17(21)22)23-15(10)11-4-6-12(18)7-5-11/h4-7,9,13H,2-3,8H2,1H3,(H,21,22). The summed E-state index contributed by atoms with van der Waals surface area (Å²) in [6, 6.07) is 7.17. The van der Waals surface area contributed by atoms with Gasteiger partial charge < -0.3 is 10.0 Å². The number of carboxylic acids is 1. The summed E-state index contributed by atoms with van der Waals surface area (Å²) >= 11 is 1.32. The van der Waals surface area contributed by atoms with Gasteiger partial charge in [0.05, 0.1) is 4.88 Å². The van der Waals surface area contributed by atoms with Crippen molar-refractivity contribution in [2.75, 3.05) is 6.54 Å². The zero-order chi connectivity index (χ0) is 16.6. The number of nitrogens with zero attached hydrogens (tertiary/aromatic N) is 1. The molecule has 1 saturated heterocycles. The Kier molecular flexibility index (Phi) is 4.17. The number of halogens is 1. The highest BCUT2D eigenvalue weighted by atomic mass is 32.1. The fourth-order valence-corrected chi connectivity index (χ4v) is 4.02. The van der Waals surface area contributed by atoms with Crippen molar-refractivity contribution in [3.63, 3.8) is 0 Å². The molecule has 1 aliphatic rings. The maximum absolute atomic E-state index is 13.0. The van der Waals surface area contributed by atoms with Crippen LogP contribution in [0, 0.1) is 12.7 Å². The quantitative estimate of drug-likeness (QED) is 0.934. The van der Waals surface area contributed by atoms with E-state index < -0.39 is 12.0 Å². The molecule has 0 saturated carbocycles. The van der Waals surface area contributed by atoms with E-state index in [2.05, 4.69) is 0 Å². The van der Waals surface area contributed by atoms with Crippen LogP contribution in [0.3, 0.4) is 0 Å². The summed E-state index contributed by atoms with van der Waals surface area (Å²) in [6.07, 6.45) is 1.20. The molecule has 2 heterocycles. The Hall–Kier alpha value is -2.21. The third kappa shape index (κ3) is 2.99. The molecular formula is C17H16FNO3S. The molecule has 0 bridgehead atoms. The molecule has 1 atom stereocenters. The van der Waals surface area contributed by atoms with Crippen molar-refractivity contribution >= 4 is 23.2 Å². The molecular weight excluding hydrogens is 317 g/mol. The van der Waals surface area contributed by atoms with Crippen LogP contribution in [0.2, 0.25) is 0 Å². The lowest BCUT2D eigenvalue weighted by molar-refractivity contribution is -0.141. The van der Waals surface area contributed by atoms with Crippen LogP contribution in [0.4, 0.5) is 4.39 Å². The summed E-state index contributed by atoms with van der Waals surface area (Å²) < 4.78 is 13.0. The minimum atomic E-state index is -0.956. The number of aliphatic carboxylic acids is 1. The van der Waals surface area contributed by atoms with Gasteiger partial charge in [-0.1, -0.05) is 12.1 Å². The number of hydrogen-bond acceptors (Lipinski definition) is 3. The molecule has 1 aromatic carbocycles. The summed E-state index contributed by atoms with van der Waals surface area (Å²) in [6.45, 7) is 2.36. The average Bonchev–Trinajstić information content (AvgIpc) is 3.14. The van der Waals surface area contributed by atoms with E-state index in [9.17, 15) is 19.1 Å². The molecule has 1 N–H and O–H groups in total. The third-order valence-electron chi connectivity index (χ3n) is 4.03. The fourth-order valence-electron chi connectivity index (χ4n) is 2.88. The first kappa shape index (κ1) is 15.7. The van der Waals surface area contributed by atoms with E-state index in [0.29, 0.717) is 24.3 Å². The molecule has 0 spiro atoms. The van der Waals surface area contributed by atoms with Crippen LogP contribution >= 0.6 is 11.3 Å². The summed E-state index contributed by atoms with van der Waals surface area (Å²) in [7, 11) is 0. The molecule has 1 aliphatic heterocycles. The number of hydrogen-bond donors (Lipinski definition) is 1. The second-order valence-electron chi connectivity index (χ2n) is 5.62. The SMILES string of the molecule is Cc1cc(C(=O)N2CCCC2C(=O)O)sc1-c1ccc(F)cc1. The first-order valence-corrected chi connectivity index (χ1v) is 8.19. The van der Waals surface area contributed by atoms with Crippen molar-refractivity contribution in [1.82, 2.24) is 4.90 Å². The Balaban J connectivity index is 1.90. The number of carbonyl (C=O) groups is 2. The number of carboxylic acid groups (broad SMARTS) is 1. The molecule has 3 rings (SSSR count). The van der Waals surface area contributed by atoms with Crippen molar-refractivity contribution < 1.29 is 19.1 Å². The average molecular weight is 333 g/mol. The first-order chi connectivity index (χ1) is 11.0. The summed E-state index contributed by atoms with van der Waals surface area (Å²) in [4.78, 5) is 26.7. The summed E-state index contributed by atoms with van der Waals surface area (Å²) in [5.41, 5.74) is 1.78. The van der Waals surface area contributed by atoms with Gasteiger partial charge in [0.25, 0.3) is 5.91 Å². The lowest BCUT2D eigenvalue weighted by atomic mass is 10.1. The zero-order valence-electron chi connectivity index (χ0n) is 12.6. The number of thiophene rings is 1. The Morgan fingerprint density at radius 3 is 2.65 bits per heavy atom. The van der Waals surface area contributed by atoms with Crippen LogP contribution in [-0.2, 0) is 4.79 Å². The number of carbonyl (C=O) groups excluding carboxylic acids is 1. The second kappa shape index (κ2) is 6.12. The molecule has 6 heteroatoms. The predicted molar refractivity (Wildman–Crippen MR) is 86.1 cm³/mol. The van der Waals surface area contributed by atoms with E-state index >= 15 is 0 Å². The van der Waals surface area contributed by atoms with E-state index in [1.54, 1.807) is 18.2 Å². The van der Waals surface area contributed by atoms with Crippen LogP contribution in [0.15, 0.2) is 30.3 Å². The maximum Gasteiger partial charge on any atom is 0.326 e. The molecule has 120 valence electrons. The first-order valence-electron chi connectivity index (χ1n) is 7.37. The van der Waals surface area contributed by atoms with Gasteiger partial charge in [0.2, 0.25) is 0 Å². The fraction of sp³-hybridized carbons (Fsp3) is 0.294. The third-order valence-corrected chi connectivity index (χ3v) is 5.31. The lowest BCUT2D eigenvalue weighted by Gasteiger charge is -2.20. The zero-order valence-corrected chi connectivity index (χ0v) is 13.4. The van der Waals surface area contributed by atoms with Gasteiger partial charge in [-0.05, 0) is 49.1 Å². The Morgan fingerprint density at radius 2 is 2.00 bits per heavy atom. The molecule has 2 aromatic rings. The van der Waals surface area contributed by atoms with E-state index in [1.165, 1.54) is 28.4 Å². The normalized spacial score (nSPS) is 17.5. The maximum atomic E-state index is 13.0. The van der Waals surface area contributed by atoms with Gasteiger partial charge in [-0.25, -0.2) is 9.18 Å². The minimum absolute atomic E-state index is 0.239. The molecule has 0 aliphatic carbocycles. The largest absolute Gasteiger partial charge is 0.480 e. The molecule has 0 radical (unpaired) electrons. The van der Waals surface area contributed by atoms with E-state index in [4.69, 9.17) is 0 Å². The Labute approximate surface area is 137 Å². The van der Waals surface area contributed by atoms with E-state index in [1.807, 2.05) is 6.92 Å². The van der Waals surface area contributed by atoms with Crippen LogP contribution < -0.4 is 0 Å². The highest BCUT2D eigenvalue weighted by Gasteiger charge is 2.35. The number of amides is 1. The van der Waals surface area contributed by atoms with Crippen LogP contribution in [0.25, 0.3) is 10.4 Å². The van der Waals surface area contributed by atoms with Gasteiger partial charge in [0.15, 0.2) is 0 Å². The number of aryl methyl sites for hydroxylation is 1. The molecule has 1 unspecified atom stereocenters. The van der Waals surface area contributed by atoms with Crippen molar-refractivity contribution in [1.29, 1.82) is 0 Å². The number of benzene rings is 1. The highest BCUT2D eigenvalue weighted by Crippen LogP contribution is 2.34. The van der Waals surface area contributed by atoms with Crippen LogP contribution in [0.1, 0.15) is 28.1 Å². The van der Waals surface area contributed by atoms with Gasteiger partial charge in [0, 0.05) is 11.4 Å². The van der Waals surface area contributed by atoms with Gasteiger partial charge in [-0.2, -0.15) is 0 Å². The predicted octanol–water partition coefficient (Wildman–Crippen LogP) is 3.55. The Morgan fingerprint density at radius 1 is 1.30 bits per heavy atom. The van der Waals surface area contributed by atoms with Gasteiger partial charge in [0.1, 0.15) is 11.9 Å². The topological polar surface area (TPSA) is 57.6 Å². The summed E-state index contributed by atoms with van der Waals surface area (Å²) in [5.74, 6) is -1.50. The summed E-state index contributed by atoms with van der Waals surface area (Å²) in [5, 5.41) is 9.22. The lowest BCUT2D eigenvalue weighted by Crippen LogP contribution is -2.40. The van der Waals surface area contributed by atoms with Crippen molar-refractivity contribution in [2.24, 2.45) is 0 Å². The molecule has 1 amide bonds. The van der Waals surface area contributed by atoms with Gasteiger partial charge in [-0.3, -0.25) is 4.79 Å². The minimum Gasteiger partial charge on any atom is -0.480 e. The number of likely N-dealkylation sites (tertiary alicyclic amines) is 1. The highest BCUT2D eigenvalue weighted by molar-refractivity contribution is 7.17. The monoisotopic (exact) mass is 333 g/mol. The molecule has 23 heavy (non-hydrogen) atoms. The molecule has 4 nitrogen and oxygen atoms in total. The molecule has 1 aromatic heterocycles. The van der Waals surface area contributed by atoms with Crippen molar-refractivity contribution in [3.8, 4) is 10.4 Å². The Bertz CT molecular complexity index is 754. The van der Waals surface area contributed by atoms with Gasteiger partial charge >= 0.3 is 5.97 Å².